The van der Waals surface area contributed by atoms with Gasteiger partial charge in [-0.3, -0.25) is 19.2 Å². The zero-order chi connectivity index (χ0) is 12.6. The lowest BCUT2D eigenvalue weighted by Crippen LogP contribution is -2.29. The van der Waals surface area contributed by atoms with Crippen LogP contribution >= 0.6 is 0 Å². The van der Waals surface area contributed by atoms with Gasteiger partial charge in [-0.2, -0.15) is 11.0 Å². The Labute approximate surface area is 91.2 Å². The molecule has 0 atom stereocenters. The van der Waals surface area contributed by atoms with Gasteiger partial charge in [0.1, 0.15) is 0 Å². The predicted octanol–water partition coefficient (Wildman–Crippen LogP) is -1.04. The van der Waals surface area contributed by atoms with Crippen molar-refractivity contribution >= 4 is 23.8 Å². The third-order valence-electron chi connectivity index (χ3n) is 1.20. The van der Waals surface area contributed by atoms with Crippen LogP contribution in [-0.2, 0) is 28.9 Å². The molecule has 90 valence electrons. The van der Waals surface area contributed by atoms with E-state index in [2.05, 4.69) is 9.68 Å². The van der Waals surface area contributed by atoms with Crippen LogP contribution in [0.1, 0.15) is 26.7 Å². The second-order valence-corrected chi connectivity index (χ2v) is 2.74. The summed E-state index contributed by atoms with van der Waals surface area (Å²) in [7, 11) is 0. The quantitative estimate of drug-likeness (QED) is 0.601. The fraction of sp³-hybridized carbons (Fsp3) is 0.500. The standard InChI is InChI=1S/C8H12N2O6/c1-5(11)15-9-7(13)3-4-8(14)10-16-6(2)12/h3-4H2,1-2H3,(H,9,13)(H,10,14). The summed E-state index contributed by atoms with van der Waals surface area (Å²) in [6, 6.07) is 0. The van der Waals surface area contributed by atoms with Crippen LogP contribution in [0.3, 0.4) is 0 Å². The van der Waals surface area contributed by atoms with E-state index >= 15 is 0 Å². The largest absolute Gasteiger partial charge is 0.341 e. The highest BCUT2D eigenvalue weighted by Crippen LogP contribution is 1.89. The van der Waals surface area contributed by atoms with Gasteiger partial charge in [0.25, 0.3) is 11.8 Å². The number of rotatable bonds is 3. The Morgan fingerprint density at radius 1 is 0.812 bits per heavy atom. The van der Waals surface area contributed by atoms with Crippen molar-refractivity contribution in [2.75, 3.05) is 0 Å². The van der Waals surface area contributed by atoms with Crippen molar-refractivity contribution in [3.63, 3.8) is 0 Å². The Bertz CT molecular complexity index is 271. The first-order valence-electron chi connectivity index (χ1n) is 4.34. The third-order valence-corrected chi connectivity index (χ3v) is 1.20. The Balaban J connectivity index is 3.63. The van der Waals surface area contributed by atoms with Crippen molar-refractivity contribution in [1.29, 1.82) is 0 Å². The Hall–Kier alpha value is -2.12. The molecule has 0 radical (unpaired) electrons. The van der Waals surface area contributed by atoms with Crippen molar-refractivity contribution in [2.45, 2.75) is 26.7 Å². The Morgan fingerprint density at radius 2 is 1.12 bits per heavy atom. The smallest absolute Gasteiger partial charge is 0.329 e. The summed E-state index contributed by atoms with van der Waals surface area (Å²) in [5.74, 6) is -2.60. The minimum atomic E-state index is -0.669. The van der Waals surface area contributed by atoms with Gasteiger partial charge in [-0.1, -0.05) is 0 Å². The van der Waals surface area contributed by atoms with Gasteiger partial charge in [0.2, 0.25) is 0 Å². The molecule has 0 saturated carbocycles. The summed E-state index contributed by atoms with van der Waals surface area (Å²) >= 11 is 0. The average Bonchev–Trinajstić information content (AvgIpc) is 2.20. The molecule has 0 spiro atoms. The molecule has 0 saturated heterocycles. The molecule has 0 aromatic carbocycles. The van der Waals surface area contributed by atoms with E-state index in [4.69, 9.17) is 0 Å². The molecule has 0 heterocycles. The second kappa shape index (κ2) is 7.21. The summed E-state index contributed by atoms with van der Waals surface area (Å²) in [6.07, 6.45) is -0.388. The minimum Gasteiger partial charge on any atom is -0.341 e. The molecule has 0 aliphatic heterocycles. The molecule has 0 aromatic heterocycles. The lowest BCUT2D eigenvalue weighted by Gasteiger charge is -2.04. The van der Waals surface area contributed by atoms with Crippen LogP contribution in [0.2, 0.25) is 0 Å². The highest BCUT2D eigenvalue weighted by atomic mass is 16.7. The van der Waals surface area contributed by atoms with E-state index in [1.165, 1.54) is 0 Å². The number of carbonyl (C=O) groups is 4. The average molecular weight is 232 g/mol. The van der Waals surface area contributed by atoms with Crippen LogP contribution in [0.4, 0.5) is 0 Å². The van der Waals surface area contributed by atoms with Crippen LogP contribution in [0, 0.1) is 0 Å². The molecule has 0 unspecified atom stereocenters. The molecule has 16 heavy (non-hydrogen) atoms. The van der Waals surface area contributed by atoms with Crippen molar-refractivity contribution in [2.24, 2.45) is 0 Å². The molecule has 0 bridgehead atoms. The lowest BCUT2D eigenvalue weighted by molar-refractivity contribution is -0.158. The van der Waals surface area contributed by atoms with Crippen LogP contribution in [0.25, 0.3) is 0 Å². The SMILES string of the molecule is CC(=O)ONC(=O)CCC(=O)NOC(C)=O. The van der Waals surface area contributed by atoms with Crippen molar-refractivity contribution < 1.29 is 28.9 Å². The van der Waals surface area contributed by atoms with Gasteiger partial charge in [-0.15, -0.1) is 0 Å². The molecular formula is C8H12N2O6. The summed E-state index contributed by atoms with van der Waals surface area (Å²) < 4.78 is 0. The zero-order valence-corrected chi connectivity index (χ0v) is 8.86. The predicted molar refractivity (Wildman–Crippen MR) is 49.1 cm³/mol. The number of hydroxylamine groups is 2. The van der Waals surface area contributed by atoms with Gasteiger partial charge in [0.15, 0.2) is 0 Å². The van der Waals surface area contributed by atoms with Crippen LogP contribution in [0.5, 0.6) is 0 Å². The van der Waals surface area contributed by atoms with Crippen molar-refractivity contribution in [3.05, 3.63) is 0 Å². The zero-order valence-electron chi connectivity index (χ0n) is 8.86. The van der Waals surface area contributed by atoms with Crippen molar-refractivity contribution in [3.8, 4) is 0 Å². The molecule has 0 aromatic rings. The summed E-state index contributed by atoms with van der Waals surface area (Å²) in [4.78, 5) is 50.8. The van der Waals surface area contributed by atoms with E-state index in [1.807, 2.05) is 11.0 Å². The minimum absolute atomic E-state index is 0.194. The number of hydrogen-bond donors (Lipinski definition) is 2. The highest BCUT2D eigenvalue weighted by molar-refractivity contribution is 5.84. The molecule has 0 rings (SSSR count). The Kier molecular flexibility index (Phi) is 6.25. The molecule has 8 nitrogen and oxygen atoms in total. The van der Waals surface area contributed by atoms with E-state index in [1.54, 1.807) is 0 Å². The topological polar surface area (TPSA) is 111 Å². The first-order chi connectivity index (χ1) is 7.41. The maximum Gasteiger partial charge on any atom is 0.329 e. The number of amides is 2. The van der Waals surface area contributed by atoms with E-state index < -0.39 is 23.8 Å². The van der Waals surface area contributed by atoms with E-state index in [0.717, 1.165) is 13.8 Å². The maximum absolute atomic E-state index is 10.9. The van der Waals surface area contributed by atoms with Gasteiger partial charge in [0.05, 0.1) is 0 Å². The molecular weight excluding hydrogens is 220 g/mol. The normalized spacial score (nSPS) is 8.88. The lowest BCUT2D eigenvalue weighted by atomic mass is 10.3. The number of nitrogens with one attached hydrogen (secondary N) is 2. The summed E-state index contributed by atoms with van der Waals surface area (Å²) in [5.41, 5.74) is 3.65. The van der Waals surface area contributed by atoms with Crippen LogP contribution in [-0.4, -0.2) is 23.8 Å². The summed E-state index contributed by atoms with van der Waals surface area (Å²) in [5, 5.41) is 0. The van der Waals surface area contributed by atoms with E-state index in [9.17, 15) is 19.2 Å². The monoisotopic (exact) mass is 232 g/mol. The molecule has 0 aliphatic rings. The van der Waals surface area contributed by atoms with Gasteiger partial charge < -0.3 is 9.68 Å². The second-order valence-electron chi connectivity index (χ2n) is 2.74. The van der Waals surface area contributed by atoms with E-state index in [0.29, 0.717) is 0 Å². The van der Waals surface area contributed by atoms with Crippen LogP contribution < -0.4 is 11.0 Å². The van der Waals surface area contributed by atoms with Gasteiger partial charge in [-0.25, -0.2) is 0 Å². The van der Waals surface area contributed by atoms with Crippen LogP contribution in [0.15, 0.2) is 0 Å². The van der Waals surface area contributed by atoms with Gasteiger partial charge >= 0.3 is 11.9 Å². The number of hydrogen-bond acceptors (Lipinski definition) is 6. The first-order valence-corrected chi connectivity index (χ1v) is 4.34. The third kappa shape index (κ3) is 8.48. The maximum atomic E-state index is 10.9. The fourth-order valence-electron chi connectivity index (χ4n) is 0.587. The molecule has 0 fully saturated rings. The van der Waals surface area contributed by atoms with Gasteiger partial charge in [-0.05, 0) is 0 Å². The highest BCUT2D eigenvalue weighted by Gasteiger charge is 2.08. The summed E-state index contributed by atoms with van der Waals surface area (Å²) in [6.45, 7) is 2.24. The first kappa shape index (κ1) is 13.9. The number of carbonyl (C=O) groups excluding carboxylic acids is 4. The molecule has 8 heteroatoms. The van der Waals surface area contributed by atoms with E-state index in [-0.39, 0.29) is 12.8 Å². The van der Waals surface area contributed by atoms with Crippen molar-refractivity contribution in [1.82, 2.24) is 11.0 Å². The molecule has 2 amide bonds. The molecule has 0 aliphatic carbocycles. The Morgan fingerprint density at radius 3 is 1.38 bits per heavy atom. The molecule has 2 N–H and O–H groups in total. The fourth-order valence-corrected chi connectivity index (χ4v) is 0.587. The van der Waals surface area contributed by atoms with Gasteiger partial charge in [0, 0.05) is 26.7 Å².